The molecule has 3 heteroatoms. The molecule has 0 saturated heterocycles. The third kappa shape index (κ3) is 1.18. The number of halogens is 1. The summed E-state index contributed by atoms with van der Waals surface area (Å²) in [5.74, 6) is 0.260. The Hall–Kier alpha value is -0.600. The minimum absolute atomic E-state index is 0.260. The third-order valence-corrected chi connectivity index (χ3v) is 0.974. The maximum absolute atomic E-state index is 11.6. The van der Waals surface area contributed by atoms with Crippen LogP contribution in [0.4, 0.5) is 4.39 Å². The van der Waals surface area contributed by atoms with E-state index in [-0.39, 0.29) is 5.90 Å². The Morgan fingerprint density at radius 2 is 2.62 bits per heavy atom. The van der Waals surface area contributed by atoms with Crippen LogP contribution in [-0.4, -0.2) is 25.7 Å². The van der Waals surface area contributed by atoms with E-state index in [0.717, 1.165) is 13.0 Å². The van der Waals surface area contributed by atoms with E-state index in [9.17, 15) is 4.39 Å². The smallest absolute Gasteiger partial charge is 0.215 e. The summed E-state index contributed by atoms with van der Waals surface area (Å²) in [4.78, 5) is 3.77. The molecule has 0 fully saturated rings. The van der Waals surface area contributed by atoms with Gasteiger partial charge < -0.3 is 4.74 Å². The summed E-state index contributed by atoms with van der Waals surface area (Å²) in [6, 6.07) is 0. The summed E-state index contributed by atoms with van der Waals surface area (Å²) < 4.78 is 16.4. The molecule has 2 nitrogen and oxygen atoms in total. The monoisotopic (exact) mass is 117 g/mol. The SMILES string of the molecule is FCC1=NCCCO1. The van der Waals surface area contributed by atoms with Gasteiger partial charge in [-0.3, -0.25) is 4.99 Å². The Morgan fingerprint density at radius 3 is 3.00 bits per heavy atom. The highest BCUT2D eigenvalue weighted by molar-refractivity contribution is 5.77. The highest BCUT2D eigenvalue weighted by Gasteiger charge is 2.02. The van der Waals surface area contributed by atoms with Crippen molar-refractivity contribution < 1.29 is 9.13 Å². The molecule has 8 heavy (non-hydrogen) atoms. The maximum atomic E-state index is 11.6. The van der Waals surface area contributed by atoms with Crippen LogP contribution in [0.2, 0.25) is 0 Å². The molecule has 0 aliphatic carbocycles. The molecule has 0 amide bonds. The van der Waals surface area contributed by atoms with Crippen LogP contribution in [0.3, 0.4) is 0 Å². The van der Waals surface area contributed by atoms with Gasteiger partial charge in [-0.25, -0.2) is 4.39 Å². The Labute approximate surface area is 47.4 Å². The average molecular weight is 117 g/mol. The van der Waals surface area contributed by atoms with Crippen LogP contribution < -0.4 is 0 Å². The van der Waals surface area contributed by atoms with Gasteiger partial charge in [0.25, 0.3) is 0 Å². The molecule has 0 N–H and O–H groups in total. The quantitative estimate of drug-likeness (QED) is 0.497. The van der Waals surface area contributed by atoms with E-state index in [4.69, 9.17) is 4.74 Å². The van der Waals surface area contributed by atoms with Crippen LogP contribution in [0.1, 0.15) is 6.42 Å². The van der Waals surface area contributed by atoms with Crippen LogP contribution in [0.25, 0.3) is 0 Å². The molecular formula is C5H8FNO. The standard InChI is InChI=1S/C5H8FNO/c6-4-5-7-2-1-3-8-5/h1-4H2. The van der Waals surface area contributed by atoms with Gasteiger partial charge in [0, 0.05) is 13.0 Å². The van der Waals surface area contributed by atoms with Gasteiger partial charge in [-0.1, -0.05) is 0 Å². The van der Waals surface area contributed by atoms with Crippen molar-refractivity contribution in [3.8, 4) is 0 Å². The zero-order chi connectivity index (χ0) is 5.82. The van der Waals surface area contributed by atoms with Gasteiger partial charge >= 0.3 is 0 Å². The normalized spacial score (nSPS) is 19.4. The van der Waals surface area contributed by atoms with E-state index >= 15 is 0 Å². The van der Waals surface area contributed by atoms with E-state index in [1.165, 1.54) is 0 Å². The summed E-state index contributed by atoms with van der Waals surface area (Å²) in [6.45, 7) is 0.794. The van der Waals surface area contributed by atoms with Gasteiger partial charge in [-0.05, 0) is 0 Å². The Kier molecular flexibility index (Phi) is 1.83. The van der Waals surface area contributed by atoms with E-state index in [1.807, 2.05) is 0 Å². The molecule has 0 aromatic rings. The number of rotatable bonds is 1. The van der Waals surface area contributed by atoms with Crippen molar-refractivity contribution in [2.45, 2.75) is 6.42 Å². The highest BCUT2D eigenvalue weighted by atomic mass is 19.1. The highest BCUT2D eigenvalue weighted by Crippen LogP contribution is 1.95. The number of ether oxygens (including phenoxy) is 1. The van der Waals surface area contributed by atoms with E-state index in [0.29, 0.717) is 6.61 Å². The lowest BCUT2D eigenvalue weighted by molar-refractivity contribution is 0.265. The second-order valence-electron chi connectivity index (χ2n) is 1.61. The van der Waals surface area contributed by atoms with Crippen LogP contribution in [0.5, 0.6) is 0 Å². The molecule has 1 aliphatic rings. The summed E-state index contributed by atoms with van der Waals surface area (Å²) in [5.41, 5.74) is 0. The Balaban J connectivity index is 2.37. The molecular weight excluding hydrogens is 109 g/mol. The van der Waals surface area contributed by atoms with Gasteiger partial charge in [0.05, 0.1) is 6.61 Å². The minimum Gasteiger partial charge on any atom is -0.479 e. The second-order valence-corrected chi connectivity index (χ2v) is 1.61. The van der Waals surface area contributed by atoms with Crippen molar-refractivity contribution >= 4 is 5.90 Å². The first kappa shape index (κ1) is 5.54. The topological polar surface area (TPSA) is 21.6 Å². The van der Waals surface area contributed by atoms with Gasteiger partial charge in [0.15, 0.2) is 6.67 Å². The molecule has 0 saturated carbocycles. The number of nitrogens with zero attached hydrogens (tertiary/aromatic N) is 1. The van der Waals surface area contributed by atoms with Crippen LogP contribution >= 0.6 is 0 Å². The summed E-state index contributed by atoms with van der Waals surface area (Å²) in [6.07, 6.45) is 0.920. The fourth-order valence-electron chi connectivity index (χ4n) is 0.585. The molecule has 1 aliphatic heterocycles. The third-order valence-electron chi connectivity index (χ3n) is 0.974. The lowest BCUT2D eigenvalue weighted by atomic mass is 10.4. The van der Waals surface area contributed by atoms with E-state index in [1.54, 1.807) is 0 Å². The lowest BCUT2D eigenvalue weighted by Crippen LogP contribution is -2.14. The van der Waals surface area contributed by atoms with E-state index in [2.05, 4.69) is 4.99 Å². The maximum Gasteiger partial charge on any atom is 0.215 e. The zero-order valence-electron chi connectivity index (χ0n) is 4.56. The predicted octanol–water partition coefficient (Wildman–Crippen LogP) is 0.775. The fraction of sp³-hybridized carbons (Fsp3) is 0.800. The van der Waals surface area contributed by atoms with Crippen LogP contribution in [-0.2, 0) is 4.74 Å². The minimum atomic E-state index is -0.556. The van der Waals surface area contributed by atoms with Gasteiger partial charge in [-0.15, -0.1) is 0 Å². The molecule has 0 atom stereocenters. The second kappa shape index (κ2) is 2.64. The molecule has 0 bridgehead atoms. The van der Waals surface area contributed by atoms with Crippen molar-refractivity contribution in [1.29, 1.82) is 0 Å². The first-order valence-corrected chi connectivity index (χ1v) is 2.65. The van der Waals surface area contributed by atoms with Crippen molar-refractivity contribution in [2.75, 3.05) is 19.8 Å². The molecule has 1 rings (SSSR count). The van der Waals surface area contributed by atoms with Gasteiger partial charge in [-0.2, -0.15) is 0 Å². The molecule has 46 valence electrons. The fourth-order valence-corrected chi connectivity index (χ4v) is 0.585. The van der Waals surface area contributed by atoms with E-state index < -0.39 is 6.67 Å². The number of alkyl halides is 1. The van der Waals surface area contributed by atoms with Crippen LogP contribution in [0.15, 0.2) is 4.99 Å². The van der Waals surface area contributed by atoms with Crippen molar-refractivity contribution in [3.05, 3.63) is 0 Å². The molecule has 0 radical (unpaired) electrons. The summed E-state index contributed by atoms with van der Waals surface area (Å²) >= 11 is 0. The molecule has 0 spiro atoms. The lowest BCUT2D eigenvalue weighted by Gasteiger charge is -2.09. The number of hydrogen-bond acceptors (Lipinski definition) is 2. The number of aliphatic imine (C=N–C) groups is 1. The largest absolute Gasteiger partial charge is 0.479 e. The summed E-state index contributed by atoms with van der Waals surface area (Å²) in [5, 5.41) is 0. The summed E-state index contributed by atoms with van der Waals surface area (Å²) in [7, 11) is 0. The van der Waals surface area contributed by atoms with Crippen molar-refractivity contribution in [1.82, 2.24) is 0 Å². The first-order valence-electron chi connectivity index (χ1n) is 2.65. The van der Waals surface area contributed by atoms with Crippen LogP contribution in [0, 0.1) is 0 Å². The van der Waals surface area contributed by atoms with Crippen molar-refractivity contribution in [2.24, 2.45) is 4.99 Å². The predicted molar refractivity (Wildman–Crippen MR) is 28.8 cm³/mol. The average Bonchev–Trinajstić information content (AvgIpc) is 1.90. The van der Waals surface area contributed by atoms with Crippen molar-refractivity contribution in [3.63, 3.8) is 0 Å². The van der Waals surface area contributed by atoms with Gasteiger partial charge in [0.2, 0.25) is 5.90 Å². The molecule has 0 aromatic carbocycles. The zero-order valence-corrected chi connectivity index (χ0v) is 4.56. The first-order chi connectivity index (χ1) is 3.93. The number of hydrogen-bond donors (Lipinski definition) is 0. The molecule has 0 unspecified atom stereocenters. The van der Waals surface area contributed by atoms with Gasteiger partial charge in [0.1, 0.15) is 0 Å². The molecule has 1 heterocycles. The molecule has 0 aromatic heterocycles. The Morgan fingerprint density at radius 1 is 1.75 bits per heavy atom. The Bertz CT molecular complexity index is 103.